The molecule has 0 fully saturated rings. The molecular formula is C76H136O6. The van der Waals surface area contributed by atoms with Crippen LogP contribution in [-0.4, -0.2) is 37.2 Å². The molecule has 0 radical (unpaired) electrons. The Labute approximate surface area is 510 Å². The first kappa shape index (κ1) is 78.8. The Balaban J connectivity index is 4.02. The van der Waals surface area contributed by atoms with E-state index in [1.807, 2.05) is 0 Å². The van der Waals surface area contributed by atoms with Gasteiger partial charge in [-0.05, 0) is 70.6 Å². The van der Waals surface area contributed by atoms with Gasteiger partial charge < -0.3 is 14.2 Å². The smallest absolute Gasteiger partial charge is 0.306 e. The van der Waals surface area contributed by atoms with Crippen LogP contribution in [-0.2, 0) is 28.6 Å². The summed E-state index contributed by atoms with van der Waals surface area (Å²) in [6.07, 6.45) is 92.7. The molecule has 6 nitrogen and oxygen atoms in total. The molecule has 0 spiro atoms. The summed E-state index contributed by atoms with van der Waals surface area (Å²) in [7, 11) is 0. The second kappa shape index (κ2) is 70.3. The maximum atomic E-state index is 12.9. The number of carbonyl (C=O) groups excluding carboxylic acids is 3. The van der Waals surface area contributed by atoms with Crippen LogP contribution < -0.4 is 0 Å². The van der Waals surface area contributed by atoms with Crippen molar-refractivity contribution in [2.45, 2.75) is 380 Å². The standard InChI is InChI=1S/C76H136O6/c1-4-7-10-13-16-18-20-22-24-26-28-30-32-33-34-35-36-37-38-39-40-41-42-44-45-47-49-51-53-55-57-60-63-66-69-75(78)81-72-73(71-80-74(77)68-65-62-59-15-12-9-6-3)82-76(79)70-67-64-61-58-56-54-52-50-48-46-43-31-29-27-25-23-21-19-17-14-11-8-5-2/h8,11,17,19,23,25,29,31,46,48,52,54,73H,4-7,9-10,12-16,18,20-22,24,26-28,30,32-45,47,49-51,53,55-72H2,1-3H3/b11-8-,19-17-,25-23-,31-29-,48-46-,54-52-. The molecule has 0 saturated carbocycles. The van der Waals surface area contributed by atoms with Crippen LogP contribution in [0.4, 0.5) is 0 Å². The lowest BCUT2D eigenvalue weighted by molar-refractivity contribution is -0.167. The Morgan fingerprint density at radius 2 is 0.476 bits per heavy atom. The summed E-state index contributed by atoms with van der Waals surface area (Å²) in [5.41, 5.74) is 0. The molecule has 0 heterocycles. The minimum atomic E-state index is -0.787. The van der Waals surface area contributed by atoms with Crippen molar-refractivity contribution >= 4 is 17.9 Å². The van der Waals surface area contributed by atoms with E-state index in [1.54, 1.807) is 0 Å². The summed E-state index contributed by atoms with van der Waals surface area (Å²) in [4.78, 5) is 38.2. The number of esters is 3. The van der Waals surface area contributed by atoms with Gasteiger partial charge in [0.05, 0.1) is 0 Å². The first-order valence-corrected chi connectivity index (χ1v) is 35.9. The number of ether oxygens (including phenoxy) is 3. The Morgan fingerprint density at radius 1 is 0.256 bits per heavy atom. The van der Waals surface area contributed by atoms with Crippen molar-refractivity contribution in [1.29, 1.82) is 0 Å². The van der Waals surface area contributed by atoms with E-state index in [0.717, 1.165) is 109 Å². The van der Waals surface area contributed by atoms with Crippen molar-refractivity contribution in [3.8, 4) is 0 Å². The molecular weight excluding hydrogens is 1010 g/mol. The van der Waals surface area contributed by atoms with E-state index in [-0.39, 0.29) is 31.1 Å². The zero-order valence-electron chi connectivity index (χ0n) is 54.8. The lowest BCUT2D eigenvalue weighted by Gasteiger charge is -2.18. The molecule has 0 aromatic rings. The molecule has 0 saturated heterocycles. The van der Waals surface area contributed by atoms with E-state index in [1.165, 1.54) is 225 Å². The second-order valence-corrected chi connectivity index (χ2v) is 24.1. The van der Waals surface area contributed by atoms with Crippen molar-refractivity contribution < 1.29 is 28.6 Å². The molecule has 6 heteroatoms. The van der Waals surface area contributed by atoms with E-state index in [0.29, 0.717) is 19.3 Å². The minimum Gasteiger partial charge on any atom is -0.462 e. The third-order valence-electron chi connectivity index (χ3n) is 16.0. The summed E-state index contributed by atoms with van der Waals surface area (Å²) < 4.78 is 16.9. The lowest BCUT2D eigenvalue weighted by atomic mass is 10.0. The molecule has 1 unspecified atom stereocenters. The molecule has 476 valence electrons. The number of hydrogen-bond acceptors (Lipinski definition) is 6. The van der Waals surface area contributed by atoms with Gasteiger partial charge >= 0.3 is 17.9 Å². The third kappa shape index (κ3) is 67.6. The van der Waals surface area contributed by atoms with Gasteiger partial charge in [0.25, 0.3) is 0 Å². The Bertz CT molecular complexity index is 1500. The second-order valence-electron chi connectivity index (χ2n) is 24.1. The number of unbranched alkanes of at least 4 members (excludes halogenated alkanes) is 43. The third-order valence-corrected chi connectivity index (χ3v) is 16.0. The molecule has 1 atom stereocenters. The van der Waals surface area contributed by atoms with Gasteiger partial charge in [-0.25, -0.2) is 0 Å². The molecule has 0 aliphatic heterocycles. The minimum absolute atomic E-state index is 0.0824. The van der Waals surface area contributed by atoms with Crippen molar-refractivity contribution in [2.24, 2.45) is 0 Å². The monoisotopic (exact) mass is 1150 g/mol. The van der Waals surface area contributed by atoms with Crippen LogP contribution in [0.5, 0.6) is 0 Å². The highest BCUT2D eigenvalue weighted by Crippen LogP contribution is 2.19. The van der Waals surface area contributed by atoms with Gasteiger partial charge in [0.1, 0.15) is 13.2 Å². The average Bonchev–Trinajstić information content (AvgIpc) is 3.48. The Morgan fingerprint density at radius 3 is 0.744 bits per heavy atom. The summed E-state index contributed by atoms with van der Waals surface area (Å²) >= 11 is 0. The van der Waals surface area contributed by atoms with Crippen molar-refractivity contribution in [2.75, 3.05) is 13.2 Å². The Hall–Kier alpha value is -3.15. The zero-order valence-corrected chi connectivity index (χ0v) is 54.8. The van der Waals surface area contributed by atoms with Gasteiger partial charge in [-0.15, -0.1) is 0 Å². The number of allylic oxidation sites excluding steroid dienone is 12. The predicted molar refractivity (Wildman–Crippen MR) is 358 cm³/mol. The van der Waals surface area contributed by atoms with Crippen LogP contribution in [0.1, 0.15) is 374 Å². The Kier molecular flexibility index (Phi) is 67.6. The zero-order chi connectivity index (χ0) is 59.2. The van der Waals surface area contributed by atoms with Crippen LogP contribution in [0, 0.1) is 0 Å². The first-order chi connectivity index (χ1) is 40.5. The summed E-state index contributed by atoms with van der Waals surface area (Å²) in [6, 6.07) is 0. The molecule has 0 aliphatic rings. The lowest BCUT2D eigenvalue weighted by Crippen LogP contribution is -2.30. The van der Waals surface area contributed by atoms with Gasteiger partial charge in [-0.3, -0.25) is 14.4 Å². The van der Waals surface area contributed by atoms with Crippen LogP contribution in [0.15, 0.2) is 72.9 Å². The molecule has 0 aromatic carbocycles. The number of carbonyl (C=O) groups is 3. The SMILES string of the molecule is CC/C=C\C/C=C\C/C=C\C/C=C\C/C=C\C/C=C\CCCCCCC(=O)OC(COC(=O)CCCCCCCCC)COC(=O)CCCCCCCCCCCCCCCCCCCCCCCCCCCCCCCCCCCC. The van der Waals surface area contributed by atoms with Crippen molar-refractivity contribution in [3.63, 3.8) is 0 Å². The van der Waals surface area contributed by atoms with Crippen LogP contribution in [0.3, 0.4) is 0 Å². The summed E-state index contributed by atoms with van der Waals surface area (Å²) in [5.74, 6) is -0.898. The molecule has 0 N–H and O–H groups in total. The molecule has 0 rings (SSSR count). The van der Waals surface area contributed by atoms with Gasteiger partial charge in [0.15, 0.2) is 6.10 Å². The normalized spacial score (nSPS) is 12.5. The van der Waals surface area contributed by atoms with E-state index in [4.69, 9.17) is 14.2 Å². The molecule has 82 heavy (non-hydrogen) atoms. The van der Waals surface area contributed by atoms with Crippen LogP contribution >= 0.6 is 0 Å². The van der Waals surface area contributed by atoms with Gasteiger partial charge in [-0.1, -0.05) is 357 Å². The fraction of sp³-hybridized carbons (Fsp3) is 0.803. The van der Waals surface area contributed by atoms with Gasteiger partial charge in [-0.2, -0.15) is 0 Å². The maximum Gasteiger partial charge on any atom is 0.306 e. The van der Waals surface area contributed by atoms with Crippen LogP contribution in [0.2, 0.25) is 0 Å². The highest BCUT2D eigenvalue weighted by molar-refractivity contribution is 5.71. The molecule has 0 amide bonds. The van der Waals surface area contributed by atoms with Gasteiger partial charge in [0, 0.05) is 19.3 Å². The van der Waals surface area contributed by atoms with E-state index in [2.05, 4.69) is 93.7 Å². The summed E-state index contributed by atoms with van der Waals surface area (Å²) in [5, 5.41) is 0. The molecule has 0 aromatic heterocycles. The number of hydrogen-bond donors (Lipinski definition) is 0. The highest BCUT2D eigenvalue weighted by atomic mass is 16.6. The highest BCUT2D eigenvalue weighted by Gasteiger charge is 2.19. The van der Waals surface area contributed by atoms with E-state index in [9.17, 15) is 14.4 Å². The maximum absolute atomic E-state index is 12.9. The quantitative estimate of drug-likeness (QED) is 0.0261. The number of rotatable bonds is 66. The predicted octanol–water partition coefficient (Wildman–Crippen LogP) is 24.8. The summed E-state index contributed by atoms with van der Waals surface area (Å²) in [6.45, 7) is 6.51. The van der Waals surface area contributed by atoms with Crippen LogP contribution in [0.25, 0.3) is 0 Å². The van der Waals surface area contributed by atoms with Crippen molar-refractivity contribution in [3.05, 3.63) is 72.9 Å². The fourth-order valence-electron chi connectivity index (χ4n) is 10.6. The molecule has 0 aliphatic carbocycles. The average molecular weight is 1150 g/mol. The van der Waals surface area contributed by atoms with Gasteiger partial charge in [0.2, 0.25) is 0 Å². The van der Waals surface area contributed by atoms with E-state index >= 15 is 0 Å². The van der Waals surface area contributed by atoms with E-state index < -0.39 is 6.10 Å². The largest absolute Gasteiger partial charge is 0.462 e. The first-order valence-electron chi connectivity index (χ1n) is 35.9. The fourth-order valence-corrected chi connectivity index (χ4v) is 10.6. The topological polar surface area (TPSA) is 78.9 Å². The van der Waals surface area contributed by atoms with Crippen molar-refractivity contribution in [1.82, 2.24) is 0 Å². The molecule has 0 bridgehead atoms.